The molecule has 0 radical (unpaired) electrons. The van der Waals surface area contributed by atoms with Gasteiger partial charge in [-0.1, -0.05) is 31.7 Å². The quantitative estimate of drug-likeness (QED) is 0.806. The lowest BCUT2D eigenvalue weighted by molar-refractivity contribution is -0.121. The first kappa shape index (κ1) is 18.5. The van der Waals surface area contributed by atoms with Crippen LogP contribution in [0.15, 0.2) is 23.2 Å². The Hall–Kier alpha value is -1.34. The minimum absolute atomic E-state index is 0.0601. The number of thioether (sulfide) groups is 1. The average molecular weight is 381 g/mol. The van der Waals surface area contributed by atoms with Crippen LogP contribution in [0.1, 0.15) is 31.4 Å². The van der Waals surface area contributed by atoms with Crippen molar-refractivity contribution < 1.29 is 13.2 Å². The van der Waals surface area contributed by atoms with Crippen molar-refractivity contribution in [2.24, 2.45) is 10.9 Å². The van der Waals surface area contributed by atoms with Crippen molar-refractivity contribution >= 4 is 38.4 Å². The number of rotatable bonds is 3. The molecule has 0 bridgehead atoms. The number of amidine groups is 1. The normalized spacial score (nSPS) is 27.5. The van der Waals surface area contributed by atoms with Gasteiger partial charge in [-0.2, -0.15) is 4.99 Å². The summed E-state index contributed by atoms with van der Waals surface area (Å²) in [7, 11) is -3.04. The number of hydrogen-bond donors (Lipinski definition) is 0. The molecule has 1 amide bonds. The fraction of sp³-hybridized carbons (Fsp3) is 0.556. The van der Waals surface area contributed by atoms with Crippen LogP contribution in [0.3, 0.4) is 0 Å². The number of amides is 1. The molecule has 7 heteroatoms. The monoisotopic (exact) mass is 380 g/mol. The SMILES string of the molecule is CC[C@H](C)C(=O)N=C1S[C@H]2CS(=O)(=O)C[C@H]2N1c1ccc(C)c(C)c1. The largest absolute Gasteiger partial charge is 0.316 e. The van der Waals surface area contributed by atoms with Gasteiger partial charge < -0.3 is 4.90 Å². The minimum Gasteiger partial charge on any atom is -0.316 e. The standard InChI is InChI=1S/C18H24N2O3S2/c1-5-11(2)17(21)19-18-20(14-7-6-12(3)13(4)8-14)15-9-25(22,23)10-16(15)24-18/h6-8,11,15-16H,5,9-10H2,1-4H3/t11-,15+,16-/m0/s1. The summed E-state index contributed by atoms with van der Waals surface area (Å²) in [5.41, 5.74) is 3.23. The van der Waals surface area contributed by atoms with E-state index in [1.54, 1.807) is 0 Å². The van der Waals surface area contributed by atoms with E-state index in [1.807, 2.05) is 50.8 Å². The number of nitrogens with zero attached hydrogens (tertiary/aromatic N) is 2. The van der Waals surface area contributed by atoms with Gasteiger partial charge in [-0.05, 0) is 43.5 Å². The van der Waals surface area contributed by atoms with Crippen molar-refractivity contribution in [1.82, 2.24) is 0 Å². The Morgan fingerprint density at radius 1 is 1.32 bits per heavy atom. The summed E-state index contributed by atoms with van der Waals surface area (Å²) in [6.45, 7) is 7.92. The number of carbonyl (C=O) groups excluding carboxylic acids is 1. The van der Waals surface area contributed by atoms with Gasteiger partial charge in [0.2, 0.25) is 0 Å². The molecule has 0 aromatic heterocycles. The van der Waals surface area contributed by atoms with Gasteiger partial charge in [0, 0.05) is 16.9 Å². The molecule has 1 aromatic rings. The predicted octanol–water partition coefficient (Wildman–Crippen LogP) is 2.95. The summed E-state index contributed by atoms with van der Waals surface area (Å²) in [5, 5.41) is 0.577. The van der Waals surface area contributed by atoms with Crippen molar-refractivity contribution in [3.63, 3.8) is 0 Å². The van der Waals surface area contributed by atoms with E-state index in [4.69, 9.17) is 0 Å². The Morgan fingerprint density at radius 2 is 2.04 bits per heavy atom. The van der Waals surface area contributed by atoms with Crippen LogP contribution >= 0.6 is 11.8 Å². The second-order valence-electron chi connectivity index (χ2n) is 6.98. The van der Waals surface area contributed by atoms with Crippen LogP contribution in [0.25, 0.3) is 0 Å². The number of aryl methyl sites for hydroxylation is 2. The molecule has 136 valence electrons. The van der Waals surface area contributed by atoms with Gasteiger partial charge in [0.25, 0.3) is 5.91 Å². The number of sulfone groups is 1. The van der Waals surface area contributed by atoms with Gasteiger partial charge in [-0.3, -0.25) is 4.79 Å². The van der Waals surface area contributed by atoms with Crippen LogP contribution in [0.4, 0.5) is 5.69 Å². The van der Waals surface area contributed by atoms with E-state index in [0.717, 1.165) is 17.7 Å². The van der Waals surface area contributed by atoms with E-state index < -0.39 is 9.84 Å². The van der Waals surface area contributed by atoms with Crippen LogP contribution in [-0.4, -0.2) is 42.3 Å². The molecule has 0 aliphatic carbocycles. The molecule has 2 fully saturated rings. The minimum atomic E-state index is -3.04. The Balaban J connectivity index is 2.02. The third-order valence-corrected chi connectivity index (χ3v) is 8.28. The van der Waals surface area contributed by atoms with Crippen LogP contribution < -0.4 is 4.90 Å². The lowest BCUT2D eigenvalue weighted by Crippen LogP contribution is -2.38. The van der Waals surface area contributed by atoms with Gasteiger partial charge in [0.15, 0.2) is 15.0 Å². The zero-order chi connectivity index (χ0) is 18.4. The second-order valence-corrected chi connectivity index (χ2v) is 10.3. The van der Waals surface area contributed by atoms with Gasteiger partial charge in [0.1, 0.15) is 0 Å². The van der Waals surface area contributed by atoms with Crippen molar-refractivity contribution in [3.05, 3.63) is 29.3 Å². The first-order valence-electron chi connectivity index (χ1n) is 8.58. The Labute approximate surface area is 153 Å². The topological polar surface area (TPSA) is 66.8 Å². The summed E-state index contributed by atoms with van der Waals surface area (Å²) in [6, 6.07) is 5.91. The van der Waals surface area contributed by atoms with Gasteiger partial charge in [0.05, 0.1) is 17.5 Å². The van der Waals surface area contributed by atoms with E-state index in [0.29, 0.717) is 5.17 Å². The molecule has 0 spiro atoms. The fourth-order valence-electron chi connectivity index (χ4n) is 3.12. The molecular formula is C18H24N2O3S2. The highest BCUT2D eigenvalue weighted by molar-refractivity contribution is 8.16. The molecule has 5 nitrogen and oxygen atoms in total. The highest BCUT2D eigenvalue weighted by Gasteiger charge is 2.49. The van der Waals surface area contributed by atoms with E-state index in [2.05, 4.69) is 4.99 Å². The van der Waals surface area contributed by atoms with Crippen molar-refractivity contribution in [2.45, 2.75) is 45.4 Å². The maximum atomic E-state index is 12.3. The van der Waals surface area contributed by atoms with Crippen LogP contribution in [-0.2, 0) is 14.6 Å². The molecule has 25 heavy (non-hydrogen) atoms. The van der Waals surface area contributed by atoms with Crippen LogP contribution in [0.2, 0.25) is 0 Å². The maximum absolute atomic E-state index is 12.3. The fourth-order valence-corrected chi connectivity index (χ4v) is 7.04. The molecule has 0 saturated carbocycles. The summed E-state index contributed by atoms with van der Waals surface area (Å²) >= 11 is 1.43. The Morgan fingerprint density at radius 3 is 2.68 bits per heavy atom. The van der Waals surface area contributed by atoms with Crippen LogP contribution in [0.5, 0.6) is 0 Å². The van der Waals surface area contributed by atoms with Crippen LogP contribution in [0, 0.1) is 19.8 Å². The first-order chi connectivity index (χ1) is 11.7. The highest BCUT2D eigenvalue weighted by atomic mass is 32.2. The zero-order valence-corrected chi connectivity index (χ0v) is 16.7. The van der Waals surface area contributed by atoms with E-state index >= 15 is 0 Å². The Bertz CT molecular complexity index is 833. The van der Waals surface area contributed by atoms with Crippen molar-refractivity contribution in [1.29, 1.82) is 0 Å². The molecule has 2 saturated heterocycles. The zero-order valence-electron chi connectivity index (χ0n) is 15.0. The van der Waals surface area contributed by atoms with E-state index in [-0.39, 0.29) is 34.6 Å². The lowest BCUT2D eigenvalue weighted by Gasteiger charge is -2.25. The molecular weight excluding hydrogens is 356 g/mol. The van der Waals surface area contributed by atoms with E-state index in [1.165, 1.54) is 17.3 Å². The summed E-state index contributed by atoms with van der Waals surface area (Å²) in [4.78, 5) is 18.7. The number of fused-ring (bicyclic) bond motifs is 1. The average Bonchev–Trinajstić information content (AvgIpc) is 3.00. The predicted molar refractivity (Wildman–Crippen MR) is 104 cm³/mol. The molecule has 2 aliphatic heterocycles. The first-order valence-corrected chi connectivity index (χ1v) is 11.3. The summed E-state index contributed by atoms with van der Waals surface area (Å²) < 4.78 is 24.2. The van der Waals surface area contributed by atoms with Crippen molar-refractivity contribution in [2.75, 3.05) is 16.4 Å². The van der Waals surface area contributed by atoms with Gasteiger partial charge in [-0.25, -0.2) is 8.42 Å². The van der Waals surface area contributed by atoms with E-state index in [9.17, 15) is 13.2 Å². The number of carbonyl (C=O) groups is 1. The molecule has 2 heterocycles. The third kappa shape index (κ3) is 3.62. The number of aliphatic imine (C=N–C) groups is 1. The lowest BCUT2D eigenvalue weighted by atomic mass is 10.1. The smallest absolute Gasteiger partial charge is 0.250 e. The molecule has 1 aromatic carbocycles. The molecule has 0 unspecified atom stereocenters. The summed E-state index contributed by atoms with van der Waals surface area (Å²) in [6.07, 6.45) is 0.741. The molecule has 3 rings (SSSR count). The third-order valence-electron chi connectivity index (χ3n) is 5.08. The molecule has 0 N–H and O–H groups in total. The van der Waals surface area contributed by atoms with Crippen molar-refractivity contribution in [3.8, 4) is 0 Å². The Kier molecular flexibility index (Phi) is 4.99. The summed E-state index contributed by atoms with van der Waals surface area (Å²) in [5.74, 6) is 0.00879. The molecule has 2 aliphatic rings. The number of hydrogen-bond acceptors (Lipinski definition) is 4. The number of anilines is 1. The van der Waals surface area contributed by atoms with Gasteiger partial charge >= 0.3 is 0 Å². The molecule has 3 atom stereocenters. The highest BCUT2D eigenvalue weighted by Crippen LogP contribution is 2.41. The second kappa shape index (κ2) is 6.76. The van der Waals surface area contributed by atoms with Gasteiger partial charge in [-0.15, -0.1) is 0 Å². The number of benzene rings is 1. The maximum Gasteiger partial charge on any atom is 0.250 e.